The average molecular weight is 487 g/mol. The van der Waals surface area contributed by atoms with Gasteiger partial charge in [0.2, 0.25) is 17.7 Å². The zero-order valence-corrected chi connectivity index (χ0v) is 19.9. The minimum absolute atomic E-state index is 0.108. The molecule has 34 heavy (non-hydrogen) atoms. The van der Waals surface area contributed by atoms with Gasteiger partial charge < -0.3 is 9.64 Å². The Bertz CT molecular complexity index is 1080. The van der Waals surface area contributed by atoms with Gasteiger partial charge in [-0.25, -0.2) is 4.39 Å². The third-order valence-electron chi connectivity index (χ3n) is 6.81. The molecule has 6 nitrogen and oxygen atoms in total. The zero-order valence-electron chi connectivity index (χ0n) is 19.1. The van der Waals surface area contributed by atoms with Crippen LogP contribution in [0.15, 0.2) is 48.5 Å². The van der Waals surface area contributed by atoms with Crippen molar-refractivity contribution in [3.8, 4) is 0 Å². The molecule has 180 valence electrons. The molecule has 2 aliphatic rings. The summed E-state index contributed by atoms with van der Waals surface area (Å²) in [7, 11) is 1.56. The number of benzene rings is 2. The lowest BCUT2D eigenvalue weighted by atomic mass is 9.75. The molecule has 0 unspecified atom stereocenters. The highest BCUT2D eigenvalue weighted by molar-refractivity contribution is 6.32. The van der Waals surface area contributed by atoms with Crippen LogP contribution in [0.3, 0.4) is 0 Å². The van der Waals surface area contributed by atoms with Gasteiger partial charge in [-0.15, -0.1) is 0 Å². The molecule has 0 radical (unpaired) electrons. The lowest BCUT2D eigenvalue weighted by Crippen LogP contribution is -2.44. The SMILES string of the molecule is COCCCN1C(=O)C[C@@](CC(=O)N2CCC[C@@H]2c2ccc(F)cc2)(c2ccccc2Cl)C1=O. The van der Waals surface area contributed by atoms with E-state index in [-0.39, 0.29) is 43.1 Å². The number of amides is 3. The van der Waals surface area contributed by atoms with Crippen LogP contribution in [-0.2, 0) is 24.5 Å². The summed E-state index contributed by atoms with van der Waals surface area (Å²) in [5, 5.41) is 0.353. The van der Waals surface area contributed by atoms with Gasteiger partial charge in [-0.1, -0.05) is 41.9 Å². The van der Waals surface area contributed by atoms with Crippen molar-refractivity contribution in [2.75, 3.05) is 26.8 Å². The largest absolute Gasteiger partial charge is 0.385 e. The minimum Gasteiger partial charge on any atom is -0.385 e. The van der Waals surface area contributed by atoms with E-state index >= 15 is 0 Å². The maximum atomic E-state index is 13.7. The maximum absolute atomic E-state index is 13.7. The summed E-state index contributed by atoms with van der Waals surface area (Å²) in [6.07, 6.45) is 1.82. The van der Waals surface area contributed by atoms with Gasteiger partial charge in [-0.05, 0) is 48.6 Å². The number of halogens is 2. The van der Waals surface area contributed by atoms with E-state index in [1.54, 1.807) is 48.4 Å². The molecule has 4 rings (SSSR count). The van der Waals surface area contributed by atoms with E-state index in [9.17, 15) is 18.8 Å². The molecule has 0 saturated carbocycles. The Morgan fingerprint density at radius 3 is 2.62 bits per heavy atom. The molecule has 2 aromatic rings. The number of ether oxygens (including phenoxy) is 1. The highest BCUT2D eigenvalue weighted by atomic mass is 35.5. The van der Waals surface area contributed by atoms with Gasteiger partial charge in [0.15, 0.2) is 0 Å². The Labute approximate surface area is 203 Å². The second-order valence-corrected chi connectivity index (χ2v) is 9.32. The fourth-order valence-electron chi connectivity index (χ4n) is 5.14. The molecule has 2 aromatic carbocycles. The van der Waals surface area contributed by atoms with Crippen LogP contribution in [0.25, 0.3) is 0 Å². The molecular weight excluding hydrogens is 459 g/mol. The molecule has 0 N–H and O–H groups in total. The van der Waals surface area contributed by atoms with E-state index in [0.29, 0.717) is 30.2 Å². The fourth-order valence-corrected chi connectivity index (χ4v) is 5.46. The molecule has 0 aromatic heterocycles. The first kappa shape index (κ1) is 24.4. The Kier molecular flexibility index (Phi) is 7.33. The van der Waals surface area contributed by atoms with Gasteiger partial charge >= 0.3 is 0 Å². The van der Waals surface area contributed by atoms with Crippen molar-refractivity contribution in [1.82, 2.24) is 9.80 Å². The van der Waals surface area contributed by atoms with E-state index in [0.717, 1.165) is 18.4 Å². The van der Waals surface area contributed by atoms with Crippen molar-refractivity contribution in [1.29, 1.82) is 0 Å². The third-order valence-corrected chi connectivity index (χ3v) is 7.14. The van der Waals surface area contributed by atoms with Crippen molar-refractivity contribution in [2.45, 2.75) is 43.6 Å². The number of nitrogens with zero attached hydrogens (tertiary/aromatic N) is 2. The number of hydrogen-bond donors (Lipinski definition) is 0. The molecule has 2 aliphatic heterocycles. The Morgan fingerprint density at radius 2 is 1.91 bits per heavy atom. The number of likely N-dealkylation sites (tertiary alicyclic amines) is 2. The number of imide groups is 1. The standard InChI is InChI=1S/C26H28ClFN2O4/c1-34-15-5-14-30-24(32)17-26(25(30)33,20-6-2-3-7-21(20)27)16-23(31)29-13-4-8-22(29)18-9-11-19(28)12-10-18/h2-3,6-7,9-12,22H,4-5,8,13-17H2,1H3/t22-,26+/m1/s1. The van der Waals surface area contributed by atoms with Crippen molar-refractivity contribution >= 4 is 29.3 Å². The number of carbonyl (C=O) groups excluding carboxylic acids is 3. The van der Waals surface area contributed by atoms with Crippen molar-refractivity contribution in [3.05, 3.63) is 70.5 Å². The van der Waals surface area contributed by atoms with Gasteiger partial charge in [-0.3, -0.25) is 19.3 Å². The summed E-state index contributed by atoms with van der Waals surface area (Å²) < 4.78 is 18.5. The van der Waals surface area contributed by atoms with Gasteiger partial charge in [0, 0.05) is 44.7 Å². The summed E-state index contributed by atoms with van der Waals surface area (Å²) in [6, 6.07) is 12.9. The highest BCUT2D eigenvalue weighted by Gasteiger charge is 2.55. The predicted octanol–water partition coefficient (Wildman–Crippen LogP) is 4.27. The van der Waals surface area contributed by atoms with Crippen molar-refractivity contribution < 1.29 is 23.5 Å². The van der Waals surface area contributed by atoms with Crippen LogP contribution in [-0.4, -0.2) is 54.3 Å². The van der Waals surface area contributed by atoms with Gasteiger partial charge in [0.05, 0.1) is 11.5 Å². The molecule has 2 saturated heterocycles. The fraction of sp³-hybridized carbons (Fsp3) is 0.423. The van der Waals surface area contributed by atoms with Crippen LogP contribution < -0.4 is 0 Å². The number of carbonyl (C=O) groups is 3. The summed E-state index contributed by atoms with van der Waals surface area (Å²) >= 11 is 6.50. The minimum atomic E-state index is -1.35. The number of rotatable bonds is 8. The summed E-state index contributed by atoms with van der Waals surface area (Å²) in [6.45, 7) is 1.19. The zero-order chi connectivity index (χ0) is 24.3. The van der Waals surface area contributed by atoms with E-state index in [4.69, 9.17) is 16.3 Å². The van der Waals surface area contributed by atoms with Crippen LogP contribution in [0.4, 0.5) is 4.39 Å². The first-order valence-corrected chi connectivity index (χ1v) is 11.9. The summed E-state index contributed by atoms with van der Waals surface area (Å²) in [5.74, 6) is -1.26. The Hall–Kier alpha value is -2.77. The van der Waals surface area contributed by atoms with Gasteiger partial charge in [0.25, 0.3) is 0 Å². The van der Waals surface area contributed by atoms with Gasteiger partial charge in [-0.2, -0.15) is 0 Å². The Balaban J connectivity index is 1.65. The van der Waals surface area contributed by atoms with Crippen LogP contribution in [0, 0.1) is 5.82 Å². The summed E-state index contributed by atoms with van der Waals surface area (Å²) in [4.78, 5) is 43.3. The van der Waals surface area contributed by atoms with E-state index < -0.39 is 11.3 Å². The third kappa shape index (κ3) is 4.59. The second-order valence-electron chi connectivity index (χ2n) is 8.91. The predicted molar refractivity (Wildman–Crippen MR) is 126 cm³/mol. The van der Waals surface area contributed by atoms with Crippen molar-refractivity contribution in [2.24, 2.45) is 0 Å². The summed E-state index contributed by atoms with van der Waals surface area (Å²) in [5.41, 5.74) is -0.000560. The molecule has 8 heteroatoms. The van der Waals surface area contributed by atoms with Crippen molar-refractivity contribution in [3.63, 3.8) is 0 Å². The highest BCUT2D eigenvalue weighted by Crippen LogP contribution is 2.44. The quantitative estimate of drug-likeness (QED) is 0.413. The van der Waals surface area contributed by atoms with E-state index in [1.807, 2.05) is 0 Å². The number of hydrogen-bond acceptors (Lipinski definition) is 4. The Morgan fingerprint density at radius 1 is 1.18 bits per heavy atom. The molecule has 0 bridgehead atoms. The van der Waals surface area contributed by atoms with Crippen LogP contribution in [0.2, 0.25) is 5.02 Å². The van der Waals surface area contributed by atoms with E-state index in [2.05, 4.69) is 0 Å². The number of methoxy groups -OCH3 is 1. The lowest BCUT2D eigenvalue weighted by molar-refractivity contribution is -0.143. The molecule has 2 fully saturated rings. The molecule has 0 aliphatic carbocycles. The second kappa shape index (κ2) is 10.2. The first-order chi connectivity index (χ1) is 16.4. The average Bonchev–Trinajstić information content (AvgIpc) is 3.40. The first-order valence-electron chi connectivity index (χ1n) is 11.5. The lowest BCUT2D eigenvalue weighted by Gasteiger charge is -2.32. The van der Waals surface area contributed by atoms with Crippen LogP contribution in [0.1, 0.15) is 49.3 Å². The molecule has 2 atom stereocenters. The van der Waals surface area contributed by atoms with Crippen LogP contribution >= 0.6 is 11.6 Å². The molecule has 3 amide bonds. The molecule has 0 spiro atoms. The maximum Gasteiger partial charge on any atom is 0.240 e. The smallest absolute Gasteiger partial charge is 0.240 e. The van der Waals surface area contributed by atoms with Crippen LogP contribution in [0.5, 0.6) is 0 Å². The van der Waals surface area contributed by atoms with Gasteiger partial charge in [0.1, 0.15) is 5.82 Å². The molecule has 2 heterocycles. The molecular formula is C26H28ClFN2O4. The normalized spacial score (nSPS) is 22.6. The topological polar surface area (TPSA) is 66.9 Å². The monoisotopic (exact) mass is 486 g/mol. The van der Waals surface area contributed by atoms with E-state index in [1.165, 1.54) is 17.0 Å².